The number of benzene rings is 2. The fraction of sp³-hybridized carbons (Fsp3) is 0.150. The van der Waals surface area contributed by atoms with Gasteiger partial charge in [0.05, 0.1) is 30.3 Å². The van der Waals surface area contributed by atoms with Crippen LogP contribution in [0.2, 0.25) is 0 Å². The molecule has 7 nitrogen and oxygen atoms in total. The number of anilines is 1. The number of primary amides is 1. The summed E-state index contributed by atoms with van der Waals surface area (Å²) < 4.78 is 10.5. The number of nitrogens with two attached hydrogens (primary N) is 1. The van der Waals surface area contributed by atoms with E-state index in [-0.39, 0.29) is 17.5 Å². The zero-order valence-electron chi connectivity index (χ0n) is 14.9. The monoisotopic (exact) mass is 366 g/mol. The number of hydrogen-bond donors (Lipinski definition) is 2. The first kappa shape index (κ1) is 18.2. The Kier molecular flexibility index (Phi) is 4.94. The van der Waals surface area contributed by atoms with Crippen LogP contribution in [0, 0.1) is 6.92 Å². The van der Waals surface area contributed by atoms with Crippen LogP contribution in [0.5, 0.6) is 5.75 Å². The number of methoxy groups -OCH3 is 1. The molecule has 2 amide bonds. The molecule has 3 aromatic rings. The number of aryl methyl sites for hydroxylation is 1. The summed E-state index contributed by atoms with van der Waals surface area (Å²) in [5.41, 5.74) is 6.50. The molecular formula is C20H18N2O5. The highest BCUT2D eigenvalue weighted by molar-refractivity contribution is 6.03. The standard InChI is InChI=1S/C20H18N2O5/c1-11-13-8-7-12(26-2)9-17(13)27-20(25)15(11)10-18(23)22-16-6-4-3-5-14(16)19(21)24/h3-9H,10H2,1-2H3,(H2,21,24)(H,22,23). The fourth-order valence-electron chi connectivity index (χ4n) is 2.87. The van der Waals surface area contributed by atoms with Crippen LogP contribution in [-0.4, -0.2) is 18.9 Å². The molecule has 0 bridgehead atoms. The van der Waals surface area contributed by atoms with Crippen LogP contribution in [0.4, 0.5) is 5.69 Å². The number of hydrogen-bond acceptors (Lipinski definition) is 5. The van der Waals surface area contributed by atoms with Gasteiger partial charge in [0, 0.05) is 11.5 Å². The highest BCUT2D eigenvalue weighted by Gasteiger charge is 2.17. The van der Waals surface area contributed by atoms with Crippen molar-refractivity contribution in [1.82, 2.24) is 0 Å². The molecule has 0 aliphatic carbocycles. The first-order valence-corrected chi connectivity index (χ1v) is 8.19. The minimum absolute atomic E-state index is 0.191. The average Bonchev–Trinajstić information content (AvgIpc) is 2.64. The lowest BCUT2D eigenvalue weighted by molar-refractivity contribution is -0.115. The van der Waals surface area contributed by atoms with Crippen LogP contribution in [-0.2, 0) is 11.2 Å². The summed E-state index contributed by atoms with van der Waals surface area (Å²) >= 11 is 0. The number of fused-ring (bicyclic) bond motifs is 1. The first-order chi connectivity index (χ1) is 12.9. The minimum atomic E-state index is -0.652. The van der Waals surface area contributed by atoms with Gasteiger partial charge in [-0.3, -0.25) is 9.59 Å². The maximum atomic E-state index is 12.4. The lowest BCUT2D eigenvalue weighted by Gasteiger charge is -2.11. The quantitative estimate of drug-likeness (QED) is 0.674. The molecule has 138 valence electrons. The van der Waals surface area contributed by atoms with Crippen molar-refractivity contribution in [3.8, 4) is 5.75 Å². The maximum absolute atomic E-state index is 12.4. The van der Waals surface area contributed by atoms with Gasteiger partial charge in [0.25, 0.3) is 5.91 Å². The van der Waals surface area contributed by atoms with Gasteiger partial charge in [0.15, 0.2) is 0 Å². The summed E-state index contributed by atoms with van der Waals surface area (Å²) in [6.07, 6.45) is -0.191. The van der Waals surface area contributed by atoms with Crippen molar-refractivity contribution in [3.05, 3.63) is 69.6 Å². The van der Waals surface area contributed by atoms with Crippen LogP contribution < -0.4 is 21.4 Å². The molecule has 3 N–H and O–H groups in total. The second kappa shape index (κ2) is 7.33. The van der Waals surface area contributed by atoms with Gasteiger partial charge in [-0.1, -0.05) is 12.1 Å². The molecule has 1 aromatic heterocycles. The number of nitrogens with one attached hydrogen (secondary N) is 1. The highest BCUT2D eigenvalue weighted by atomic mass is 16.5. The van der Waals surface area contributed by atoms with Crippen LogP contribution >= 0.6 is 0 Å². The Morgan fingerprint density at radius 3 is 2.63 bits per heavy atom. The van der Waals surface area contributed by atoms with Gasteiger partial charge >= 0.3 is 5.63 Å². The van der Waals surface area contributed by atoms with Crippen molar-refractivity contribution >= 4 is 28.5 Å². The van der Waals surface area contributed by atoms with Gasteiger partial charge in [-0.25, -0.2) is 4.79 Å². The van der Waals surface area contributed by atoms with E-state index in [1.165, 1.54) is 13.2 Å². The Bertz CT molecular complexity index is 1100. The Labute approximate surface area is 154 Å². The summed E-state index contributed by atoms with van der Waals surface area (Å²) in [5, 5.41) is 3.34. The van der Waals surface area contributed by atoms with Gasteiger partial charge in [-0.15, -0.1) is 0 Å². The van der Waals surface area contributed by atoms with Crippen molar-refractivity contribution < 1.29 is 18.7 Å². The van der Waals surface area contributed by atoms with Crippen LogP contribution in [0.1, 0.15) is 21.5 Å². The van der Waals surface area contributed by atoms with Crippen LogP contribution in [0.3, 0.4) is 0 Å². The maximum Gasteiger partial charge on any atom is 0.340 e. The molecule has 0 aliphatic heterocycles. The van der Waals surface area contributed by atoms with Crippen molar-refractivity contribution in [1.29, 1.82) is 0 Å². The molecule has 0 atom stereocenters. The molecule has 0 fully saturated rings. The Hall–Kier alpha value is -3.61. The van der Waals surface area contributed by atoms with Gasteiger partial charge in [0.2, 0.25) is 5.91 Å². The lowest BCUT2D eigenvalue weighted by Crippen LogP contribution is -2.22. The van der Waals surface area contributed by atoms with Gasteiger partial charge in [-0.2, -0.15) is 0 Å². The van der Waals surface area contributed by atoms with E-state index >= 15 is 0 Å². The third-order valence-corrected chi connectivity index (χ3v) is 4.30. The molecule has 0 unspecified atom stereocenters. The zero-order valence-corrected chi connectivity index (χ0v) is 14.9. The van der Waals surface area contributed by atoms with E-state index < -0.39 is 17.4 Å². The predicted octanol–water partition coefficient (Wildman–Crippen LogP) is 2.39. The molecule has 3 rings (SSSR count). The second-order valence-corrected chi connectivity index (χ2v) is 5.99. The van der Waals surface area contributed by atoms with E-state index in [0.29, 0.717) is 22.6 Å². The number of carbonyl (C=O) groups is 2. The lowest BCUT2D eigenvalue weighted by atomic mass is 10.0. The molecule has 0 spiro atoms. The van der Waals surface area contributed by atoms with Crippen molar-refractivity contribution in [3.63, 3.8) is 0 Å². The molecule has 0 aliphatic rings. The number of rotatable bonds is 5. The van der Waals surface area contributed by atoms with Crippen molar-refractivity contribution in [2.24, 2.45) is 5.73 Å². The van der Waals surface area contributed by atoms with E-state index in [1.54, 1.807) is 43.3 Å². The normalized spacial score (nSPS) is 10.6. The molecule has 2 aromatic carbocycles. The van der Waals surface area contributed by atoms with E-state index in [0.717, 1.165) is 5.39 Å². The molecule has 7 heteroatoms. The molecule has 0 saturated carbocycles. The van der Waals surface area contributed by atoms with Crippen molar-refractivity contribution in [2.45, 2.75) is 13.3 Å². The van der Waals surface area contributed by atoms with Gasteiger partial charge in [0.1, 0.15) is 11.3 Å². The number of carbonyl (C=O) groups excluding carboxylic acids is 2. The fourth-order valence-corrected chi connectivity index (χ4v) is 2.87. The third kappa shape index (κ3) is 3.67. The molecule has 0 radical (unpaired) electrons. The number of para-hydroxylation sites is 1. The topological polar surface area (TPSA) is 112 Å². The summed E-state index contributed by atoms with van der Waals surface area (Å²) in [4.78, 5) is 36.3. The van der Waals surface area contributed by atoms with Crippen molar-refractivity contribution in [2.75, 3.05) is 12.4 Å². The Morgan fingerprint density at radius 2 is 1.93 bits per heavy atom. The first-order valence-electron chi connectivity index (χ1n) is 8.19. The van der Waals surface area contributed by atoms with Crippen LogP contribution in [0.15, 0.2) is 51.7 Å². The summed E-state index contributed by atoms with van der Waals surface area (Å²) in [7, 11) is 1.52. The Morgan fingerprint density at radius 1 is 1.19 bits per heavy atom. The predicted molar refractivity (Wildman–Crippen MR) is 101 cm³/mol. The van der Waals surface area contributed by atoms with Gasteiger partial charge < -0.3 is 20.2 Å². The molecule has 1 heterocycles. The molecule has 0 saturated heterocycles. The number of amides is 2. The van der Waals surface area contributed by atoms with Crippen LogP contribution in [0.25, 0.3) is 11.0 Å². The van der Waals surface area contributed by atoms with Gasteiger partial charge in [-0.05, 0) is 36.8 Å². The SMILES string of the molecule is COc1ccc2c(C)c(CC(=O)Nc3ccccc3C(N)=O)c(=O)oc2c1. The summed E-state index contributed by atoms with van der Waals surface area (Å²) in [5.74, 6) is -0.535. The average molecular weight is 366 g/mol. The smallest absolute Gasteiger partial charge is 0.340 e. The number of ether oxygens (including phenoxy) is 1. The molecular weight excluding hydrogens is 348 g/mol. The summed E-state index contributed by atoms with van der Waals surface area (Å²) in [6.45, 7) is 1.76. The summed E-state index contributed by atoms with van der Waals surface area (Å²) in [6, 6.07) is 11.5. The highest BCUT2D eigenvalue weighted by Crippen LogP contribution is 2.24. The third-order valence-electron chi connectivity index (χ3n) is 4.30. The van der Waals surface area contributed by atoms with E-state index in [2.05, 4.69) is 5.32 Å². The largest absolute Gasteiger partial charge is 0.497 e. The van der Waals surface area contributed by atoms with E-state index in [1.807, 2.05) is 0 Å². The molecule has 27 heavy (non-hydrogen) atoms. The zero-order chi connectivity index (χ0) is 19.6. The van der Waals surface area contributed by atoms with E-state index in [4.69, 9.17) is 14.9 Å². The second-order valence-electron chi connectivity index (χ2n) is 5.99. The van der Waals surface area contributed by atoms with E-state index in [9.17, 15) is 14.4 Å². The Balaban J connectivity index is 1.92. The minimum Gasteiger partial charge on any atom is -0.497 e.